The number of aliphatic carboxylic acids is 1. The Kier molecular flexibility index (Phi) is 4.58. The molecule has 1 saturated heterocycles. The van der Waals surface area contributed by atoms with E-state index in [1.165, 1.54) is 0 Å². The van der Waals surface area contributed by atoms with Crippen molar-refractivity contribution in [3.63, 3.8) is 0 Å². The molecule has 0 aromatic heterocycles. The third-order valence-electron chi connectivity index (χ3n) is 3.36. The average molecular weight is 214 g/mol. The fourth-order valence-electron chi connectivity index (χ4n) is 2.24. The summed E-state index contributed by atoms with van der Waals surface area (Å²) in [7, 11) is 0. The van der Waals surface area contributed by atoms with Crippen LogP contribution >= 0.6 is 0 Å². The number of rotatable bonds is 6. The number of hydrogen-bond acceptors (Lipinski definition) is 2. The van der Waals surface area contributed by atoms with Crippen molar-refractivity contribution in [2.24, 2.45) is 5.41 Å². The van der Waals surface area contributed by atoms with Crippen LogP contribution in [0.15, 0.2) is 0 Å². The van der Waals surface area contributed by atoms with Gasteiger partial charge in [0.05, 0.1) is 11.5 Å². The van der Waals surface area contributed by atoms with Gasteiger partial charge in [0.1, 0.15) is 0 Å². The largest absolute Gasteiger partial charge is 0.481 e. The van der Waals surface area contributed by atoms with Crippen LogP contribution in [-0.4, -0.2) is 23.8 Å². The fraction of sp³-hybridized carbons (Fsp3) is 0.917. The van der Waals surface area contributed by atoms with Crippen LogP contribution < -0.4 is 0 Å². The summed E-state index contributed by atoms with van der Waals surface area (Å²) in [5.41, 5.74) is -0.555. The Labute approximate surface area is 91.8 Å². The molecule has 3 heteroatoms. The Bertz CT molecular complexity index is 209. The molecule has 0 radical (unpaired) electrons. The third-order valence-corrected chi connectivity index (χ3v) is 3.36. The molecule has 0 bridgehead atoms. The van der Waals surface area contributed by atoms with E-state index in [4.69, 9.17) is 4.74 Å². The van der Waals surface area contributed by atoms with Gasteiger partial charge in [-0.3, -0.25) is 4.79 Å². The van der Waals surface area contributed by atoms with Crippen LogP contribution in [0.4, 0.5) is 0 Å². The molecule has 1 N–H and O–H groups in total. The van der Waals surface area contributed by atoms with Crippen molar-refractivity contribution in [2.75, 3.05) is 6.61 Å². The van der Waals surface area contributed by atoms with E-state index in [0.29, 0.717) is 6.10 Å². The van der Waals surface area contributed by atoms with E-state index in [1.807, 2.05) is 13.8 Å². The van der Waals surface area contributed by atoms with Crippen molar-refractivity contribution in [3.05, 3.63) is 0 Å². The second kappa shape index (κ2) is 5.50. The number of ether oxygens (including phenoxy) is 1. The molecule has 1 aliphatic heterocycles. The first-order chi connectivity index (χ1) is 7.08. The number of carboxylic acid groups (broad SMARTS) is 1. The van der Waals surface area contributed by atoms with Crippen molar-refractivity contribution in [2.45, 2.75) is 58.5 Å². The van der Waals surface area contributed by atoms with Crippen molar-refractivity contribution in [3.8, 4) is 0 Å². The predicted octanol–water partition coefficient (Wildman–Crippen LogP) is 2.84. The highest BCUT2D eigenvalue weighted by molar-refractivity contribution is 5.74. The Hall–Kier alpha value is -0.570. The smallest absolute Gasteiger partial charge is 0.309 e. The maximum absolute atomic E-state index is 11.2. The van der Waals surface area contributed by atoms with Crippen molar-refractivity contribution in [1.29, 1.82) is 0 Å². The van der Waals surface area contributed by atoms with Gasteiger partial charge in [0, 0.05) is 6.61 Å². The molecule has 2 unspecified atom stereocenters. The van der Waals surface area contributed by atoms with Gasteiger partial charge in [0.2, 0.25) is 0 Å². The third kappa shape index (κ3) is 3.49. The lowest BCUT2D eigenvalue weighted by Crippen LogP contribution is -2.28. The van der Waals surface area contributed by atoms with E-state index >= 15 is 0 Å². The van der Waals surface area contributed by atoms with E-state index in [2.05, 4.69) is 0 Å². The standard InChI is InChI=1S/C12H22O3/c1-3-7-12(2,11(13)14)8-6-10-5-4-9-15-10/h10H,3-9H2,1-2H3,(H,13,14). The van der Waals surface area contributed by atoms with Gasteiger partial charge in [0.25, 0.3) is 0 Å². The number of hydrogen-bond donors (Lipinski definition) is 1. The molecule has 88 valence electrons. The summed E-state index contributed by atoms with van der Waals surface area (Å²) in [6, 6.07) is 0. The highest BCUT2D eigenvalue weighted by Gasteiger charge is 2.33. The molecule has 1 fully saturated rings. The first-order valence-corrected chi connectivity index (χ1v) is 5.93. The molecular weight excluding hydrogens is 192 g/mol. The maximum Gasteiger partial charge on any atom is 0.309 e. The average Bonchev–Trinajstić information content (AvgIpc) is 2.67. The van der Waals surface area contributed by atoms with Crippen LogP contribution in [-0.2, 0) is 9.53 Å². The summed E-state index contributed by atoms with van der Waals surface area (Å²) in [5.74, 6) is -0.664. The summed E-state index contributed by atoms with van der Waals surface area (Å²) in [5, 5.41) is 9.20. The van der Waals surface area contributed by atoms with Gasteiger partial charge in [-0.15, -0.1) is 0 Å². The van der Waals surface area contributed by atoms with Crippen molar-refractivity contribution >= 4 is 5.97 Å². The van der Waals surface area contributed by atoms with Crippen molar-refractivity contribution in [1.82, 2.24) is 0 Å². The topological polar surface area (TPSA) is 46.5 Å². The van der Waals surface area contributed by atoms with Crippen LogP contribution in [0, 0.1) is 5.41 Å². The summed E-state index contributed by atoms with van der Waals surface area (Å²) in [6.07, 6.45) is 5.84. The van der Waals surface area contributed by atoms with Crippen LogP contribution in [0.5, 0.6) is 0 Å². The molecule has 0 spiro atoms. The zero-order valence-corrected chi connectivity index (χ0v) is 9.79. The van der Waals surface area contributed by atoms with Gasteiger partial charge < -0.3 is 9.84 Å². The van der Waals surface area contributed by atoms with E-state index in [9.17, 15) is 9.90 Å². The van der Waals surface area contributed by atoms with Crippen LogP contribution in [0.1, 0.15) is 52.4 Å². The molecular formula is C12H22O3. The first-order valence-electron chi connectivity index (χ1n) is 5.93. The summed E-state index contributed by atoms with van der Waals surface area (Å²) < 4.78 is 5.51. The molecule has 0 aromatic rings. The highest BCUT2D eigenvalue weighted by atomic mass is 16.5. The summed E-state index contributed by atoms with van der Waals surface area (Å²) in [4.78, 5) is 11.2. The molecule has 3 nitrogen and oxygen atoms in total. The molecule has 1 rings (SSSR count). The second-order valence-corrected chi connectivity index (χ2v) is 4.79. The quantitative estimate of drug-likeness (QED) is 0.739. The maximum atomic E-state index is 11.2. The molecule has 0 aliphatic carbocycles. The molecule has 0 amide bonds. The fourth-order valence-corrected chi connectivity index (χ4v) is 2.24. The van der Waals surface area contributed by atoms with E-state index in [1.54, 1.807) is 0 Å². The minimum atomic E-state index is -0.664. The Morgan fingerprint density at radius 1 is 1.53 bits per heavy atom. The SMILES string of the molecule is CCCC(C)(CCC1CCCO1)C(=O)O. The lowest BCUT2D eigenvalue weighted by atomic mass is 9.80. The number of carbonyl (C=O) groups is 1. The normalized spacial score (nSPS) is 25.1. The van der Waals surface area contributed by atoms with Gasteiger partial charge in [-0.1, -0.05) is 13.3 Å². The van der Waals surface area contributed by atoms with Crippen LogP contribution in [0.25, 0.3) is 0 Å². The zero-order valence-electron chi connectivity index (χ0n) is 9.79. The first kappa shape index (κ1) is 12.5. The van der Waals surface area contributed by atoms with Gasteiger partial charge in [0.15, 0.2) is 0 Å². The van der Waals surface area contributed by atoms with E-state index < -0.39 is 11.4 Å². The van der Waals surface area contributed by atoms with Crippen LogP contribution in [0.3, 0.4) is 0 Å². The minimum absolute atomic E-state index is 0.306. The molecule has 2 atom stereocenters. The molecule has 15 heavy (non-hydrogen) atoms. The monoisotopic (exact) mass is 214 g/mol. The summed E-state index contributed by atoms with van der Waals surface area (Å²) in [6.45, 7) is 4.74. The lowest BCUT2D eigenvalue weighted by molar-refractivity contribution is -0.149. The van der Waals surface area contributed by atoms with Crippen LogP contribution in [0.2, 0.25) is 0 Å². The summed E-state index contributed by atoms with van der Waals surface area (Å²) >= 11 is 0. The van der Waals surface area contributed by atoms with Gasteiger partial charge >= 0.3 is 5.97 Å². The van der Waals surface area contributed by atoms with E-state index in [-0.39, 0.29) is 0 Å². The van der Waals surface area contributed by atoms with E-state index in [0.717, 1.165) is 45.1 Å². The molecule has 1 aliphatic rings. The Balaban J connectivity index is 2.40. The minimum Gasteiger partial charge on any atom is -0.481 e. The zero-order chi connectivity index (χ0) is 11.3. The Morgan fingerprint density at radius 3 is 2.73 bits per heavy atom. The van der Waals surface area contributed by atoms with Crippen molar-refractivity contribution < 1.29 is 14.6 Å². The second-order valence-electron chi connectivity index (χ2n) is 4.79. The van der Waals surface area contributed by atoms with Gasteiger partial charge in [-0.05, 0) is 39.0 Å². The van der Waals surface area contributed by atoms with Gasteiger partial charge in [-0.2, -0.15) is 0 Å². The molecule has 0 aromatic carbocycles. The Morgan fingerprint density at radius 2 is 2.27 bits per heavy atom. The predicted molar refractivity (Wildman–Crippen MR) is 58.9 cm³/mol. The molecule has 1 heterocycles. The molecule has 0 saturated carbocycles. The highest BCUT2D eigenvalue weighted by Crippen LogP contribution is 2.32. The van der Waals surface area contributed by atoms with Gasteiger partial charge in [-0.25, -0.2) is 0 Å². The lowest BCUT2D eigenvalue weighted by Gasteiger charge is -2.25. The number of carboxylic acids is 1.